The van der Waals surface area contributed by atoms with Crippen molar-refractivity contribution in [1.82, 2.24) is 0 Å². The summed E-state index contributed by atoms with van der Waals surface area (Å²) in [6.45, 7) is 1.70. The van der Waals surface area contributed by atoms with Gasteiger partial charge in [0.2, 0.25) is 0 Å². The van der Waals surface area contributed by atoms with Crippen LogP contribution in [0.3, 0.4) is 0 Å². The van der Waals surface area contributed by atoms with Crippen molar-refractivity contribution >= 4 is 34.8 Å². The number of aromatic hydroxyl groups is 1. The number of halogens is 1. The number of phenols is 1. The number of carbonyl (C=O) groups excluding carboxylic acids is 2. The highest BCUT2D eigenvalue weighted by Gasteiger charge is 2.15. The number of hydrogen-bond donors (Lipinski definition) is 3. The molecule has 0 saturated carbocycles. The number of amides is 2. The van der Waals surface area contributed by atoms with E-state index in [1.165, 1.54) is 31.4 Å². The maximum absolute atomic E-state index is 11.9. The summed E-state index contributed by atoms with van der Waals surface area (Å²) in [6, 6.07) is 9.06. The number of ether oxygens (including phenoxy) is 1. The van der Waals surface area contributed by atoms with Gasteiger partial charge >= 0.3 is 11.8 Å². The number of benzene rings is 2. The zero-order chi connectivity index (χ0) is 17.0. The van der Waals surface area contributed by atoms with E-state index in [4.69, 9.17) is 16.3 Å². The zero-order valence-electron chi connectivity index (χ0n) is 12.5. The molecule has 0 heterocycles. The molecule has 2 aromatic carbocycles. The van der Waals surface area contributed by atoms with E-state index >= 15 is 0 Å². The molecule has 0 aliphatic carbocycles. The third-order valence-corrected chi connectivity index (χ3v) is 3.37. The fourth-order valence-corrected chi connectivity index (χ4v) is 2.16. The van der Waals surface area contributed by atoms with E-state index < -0.39 is 11.8 Å². The number of nitrogens with one attached hydrogen (secondary N) is 2. The first kappa shape index (κ1) is 16.6. The van der Waals surface area contributed by atoms with Gasteiger partial charge < -0.3 is 20.5 Å². The maximum Gasteiger partial charge on any atom is 0.314 e. The summed E-state index contributed by atoms with van der Waals surface area (Å²) in [6.07, 6.45) is 0. The molecule has 0 aliphatic rings. The van der Waals surface area contributed by atoms with E-state index in [0.717, 1.165) is 0 Å². The van der Waals surface area contributed by atoms with Gasteiger partial charge in [0, 0.05) is 11.4 Å². The third kappa shape index (κ3) is 4.14. The van der Waals surface area contributed by atoms with Crippen molar-refractivity contribution < 1.29 is 19.4 Å². The summed E-state index contributed by atoms with van der Waals surface area (Å²) in [7, 11) is 1.48. The molecule has 0 aliphatic heterocycles. The molecule has 6 nitrogen and oxygen atoms in total. The van der Waals surface area contributed by atoms with Crippen LogP contribution in [-0.2, 0) is 9.59 Å². The molecule has 2 rings (SSSR count). The van der Waals surface area contributed by atoms with E-state index in [1.54, 1.807) is 19.1 Å². The van der Waals surface area contributed by atoms with Crippen molar-refractivity contribution in [3.63, 3.8) is 0 Å². The Morgan fingerprint density at radius 2 is 1.78 bits per heavy atom. The summed E-state index contributed by atoms with van der Waals surface area (Å²) in [4.78, 5) is 23.8. The first-order valence-electron chi connectivity index (χ1n) is 6.66. The van der Waals surface area contributed by atoms with Crippen molar-refractivity contribution in [2.75, 3.05) is 17.7 Å². The van der Waals surface area contributed by atoms with Crippen LogP contribution >= 0.6 is 11.6 Å². The maximum atomic E-state index is 11.9. The highest BCUT2D eigenvalue weighted by molar-refractivity contribution is 6.43. The van der Waals surface area contributed by atoms with Crippen LogP contribution in [-0.4, -0.2) is 24.0 Å². The summed E-state index contributed by atoms with van der Waals surface area (Å²) in [5, 5.41) is 14.6. The summed E-state index contributed by atoms with van der Waals surface area (Å²) < 4.78 is 5.01. The van der Waals surface area contributed by atoms with E-state index in [-0.39, 0.29) is 5.75 Å². The molecule has 2 aromatic rings. The summed E-state index contributed by atoms with van der Waals surface area (Å²) in [5.74, 6) is -1.11. The molecule has 3 N–H and O–H groups in total. The highest BCUT2D eigenvalue weighted by Crippen LogP contribution is 2.27. The van der Waals surface area contributed by atoms with E-state index in [2.05, 4.69) is 10.6 Å². The lowest BCUT2D eigenvalue weighted by Gasteiger charge is -2.10. The minimum Gasteiger partial charge on any atom is -0.508 e. The molecule has 0 atom stereocenters. The molecule has 0 aromatic heterocycles. The molecular weight excluding hydrogens is 320 g/mol. The fraction of sp³-hybridized carbons (Fsp3) is 0.125. The van der Waals surface area contributed by atoms with Crippen LogP contribution in [0.2, 0.25) is 5.02 Å². The first-order chi connectivity index (χ1) is 10.9. The van der Waals surface area contributed by atoms with Crippen molar-refractivity contribution in [3.05, 3.63) is 47.0 Å². The van der Waals surface area contributed by atoms with Gasteiger partial charge in [0.15, 0.2) is 0 Å². The Morgan fingerprint density at radius 1 is 1.09 bits per heavy atom. The lowest BCUT2D eigenvalue weighted by atomic mass is 10.2. The van der Waals surface area contributed by atoms with Crippen LogP contribution in [0.1, 0.15) is 5.56 Å². The second-order valence-corrected chi connectivity index (χ2v) is 5.16. The largest absolute Gasteiger partial charge is 0.508 e. The number of carbonyl (C=O) groups is 2. The number of methoxy groups -OCH3 is 1. The van der Waals surface area contributed by atoms with Gasteiger partial charge in [-0.1, -0.05) is 11.6 Å². The molecule has 120 valence electrons. The van der Waals surface area contributed by atoms with Gasteiger partial charge in [-0.2, -0.15) is 0 Å². The Hall–Kier alpha value is -2.73. The van der Waals surface area contributed by atoms with Crippen LogP contribution in [0.4, 0.5) is 11.4 Å². The molecule has 0 unspecified atom stereocenters. The Balaban J connectivity index is 2.05. The Bertz CT molecular complexity index is 762. The normalized spacial score (nSPS) is 10.0. The predicted octanol–water partition coefficient (Wildman–Crippen LogP) is 2.94. The van der Waals surface area contributed by atoms with Gasteiger partial charge in [-0.05, 0) is 48.9 Å². The molecule has 0 saturated heterocycles. The van der Waals surface area contributed by atoms with Gasteiger partial charge in [0.1, 0.15) is 11.5 Å². The second kappa shape index (κ2) is 7.02. The average Bonchev–Trinajstić information content (AvgIpc) is 2.50. The molecule has 0 bridgehead atoms. The smallest absolute Gasteiger partial charge is 0.314 e. The molecular formula is C16H15ClN2O4. The van der Waals surface area contributed by atoms with Crippen molar-refractivity contribution in [1.29, 1.82) is 0 Å². The van der Waals surface area contributed by atoms with Crippen LogP contribution in [0.5, 0.6) is 11.5 Å². The van der Waals surface area contributed by atoms with Crippen molar-refractivity contribution in [2.45, 2.75) is 6.92 Å². The van der Waals surface area contributed by atoms with Crippen LogP contribution in [0.15, 0.2) is 36.4 Å². The first-order valence-corrected chi connectivity index (χ1v) is 7.04. The number of hydrogen-bond acceptors (Lipinski definition) is 4. The zero-order valence-corrected chi connectivity index (χ0v) is 13.3. The Morgan fingerprint density at radius 3 is 2.39 bits per heavy atom. The minimum absolute atomic E-state index is 0.0813. The monoisotopic (exact) mass is 334 g/mol. The molecule has 0 spiro atoms. The standard InChI is InChI=1S/C16H15ClN2O4/c1-9-7-11(20)4-5-13(9)19-16(22)15(21)18-10-3-6-14(23-2)12(17)8-10/h3-8,20H,1-2H3,(H,18,21)(H,19,22). The topological polar surface area (TPSA) is 87.7 Å². The summed E-state index contributed by atoms with van der Waals surface area (Å²) in [5.41, 5.74) is 1.45. The van der Waals surface area contributed by atoms with Crippen molar-refractivity contribution in [3.8, 4) is 11.5 Å². The number of phenolic OH excluding ortho intramolecular Hbond substituents is 1. The van der Waals surface area contributed by atoms with Gasteiger partial charge in [-0.3, -0.25) is 9.59 Å². The quantitative estimate of drug-likeness (QED) is 0.595. The van der Waals surface area contributed by atoms with E-state index in [1.807, 2.05) is 0 Å². The molecule has 23 heavy (non-hydrogen) atoms. The second-order valence-electron chi connectivity index (χ2n) is 4.76. The van der Waals surface area contributed by atoms with Crippen LogP contribution < -0.4 is 15.4 Å². The molecule has 7 heteroatoms. The van der Waals surface area contributed by atoms with Crippen LogP contribution in [0.25, 0.3) is 0 Å². The van der Waals surface area contributed by atoms with E-state index in [9.17, 15) is 14.7 Å². The van der Waals surface area contributed by atoms with Gasteiger partial charge in [0.05, 0.1) is 12.1 Å². The van der Waals surface area contributed by atoms with Crippen LogP contribution in [0, 0.1) is 6.92 Å². The number of rotatable bonds is 3. The number of aryl methyl sites for hydroxylation is 1. The van der Waals surface area contributed by atoms with Crippen molar-refractivity contribution in [2.24, 2.45) is 0 Å². The predicted molar refractivity (Wildman–Crippen MR) is 88.1 cm³/mol. The number of anilines is 2. The van der Waals surface area contributed by atoms with E-state index in [0.29, 0.717) is 27.7 Å². The Labute approximate surface area is 138 Å². The summed E-state index contributed by atoms with van der Waals surface area (Å²) >= 11 is 5.96. The highest BCUT2D eigenvalue weighted by atomic mass is 35.5. The fourth-order valence-electron chi connectivity index (χ4n) is 1.90. The lowest BCUT2D eigenvalue weighted by Crippen LogP contribution is -2.29. The van der Waals surface area contributed by atoms with Gasteiger partial charge in [-0.25, -0.2) is 0 Å². The average molecular weight is 335 g/mol. The molecule has 0 radical (unpaired) electrons. The third-order valence-electron chi connectivity index (χ3n) is 3.07. The minimum atomic E-state index is -0.835. The molecule has 2 amide bonds. The molecule has 0 fully saturated rings. The Kier molecular flexibility index (Phi) is 5.08. The SMILES string of the molecule is COc1ccc(NC(=O)C(=O)Nc2ccc(O)cc2C)cc1Cl. The van der Waals surface area contributed by atoms with Gasteiger partial charge in [0.25, 0.3) is 0 Å². The lowest BCUT2D eigenvalue weighted by molar-refractivity contribution is -0.133. The van der Waals surface area contributed by atoms with Gasteiger partial charge in [-0.15, -0.1) is 0 Å².